The SMILES string of the molecule is COC(=O)C1=C[C@@H](O)CCC1. The number of esters is 1. The molecule has 0 aromatic carbocycles. The molecule has 3 nitrogen and oxygen atoms in total. The molecule has 62 valence electrons. The van der Waals surface area contributed by atoms with Crippen LogP contribution in [0.25, 0.3) is 0 Å². The molecular formula is C8H12O3. The van der Waals surface area contributed by atoms with E-state index in [0.717, 1.165) is 19.3 Å². The summed E-state index contributed by atoms with van der Waals surface area (Å²) in [6, 6.07) is 0. The molecule has 1 atom stereocenters. The van der Waals surface area contributed by atoms with Gasteiger partial charge in [0.1, 0.15) is 0 Å². The zero-order valence-electron chi connectivity index (χ0n) is 6.54. The summed E-state index contributed by atoms with van der Waals surface area (Å²) < 4.78 is 4.52. The van der Waals surface area contributed by atoms with Crippen molar-refractivity contribution in [1.29, 1.82) is 0 Å². The lowest BCUT2D eigenvalue weighted by molar-refractivity contribution is -0.136. The summed E-state index contributed by atoms with van der Waals surface area (Å²) in [5, 5.41) is 9.14. The maximum atomic E-state index is 10.9. The third-order valence-corrected chi connectivity index (χ3v) is 1.79. The zero-order valence-corrected chi connectivity index (χ0v) is 6.54. The van der Waals surface area contributed by atoms with Crippen LogP contribution < -0.4 is 0 Å². The van der Waals surface area contributed by atoms with Crippen molar-refractivity contribution < 1.29 is 14.6 Å². The molecule has 11 heavy (non-hydrogen) atoms. The van der Waals surface area contributed by atoms with E-state index in [2.05, 4.69) is 4.74 Å². The molecule has 0 fully saturated rings. The second-order valence-corrected chi connectivity index (χ2v) is 2.64. The number of hydrogen-bond acceptors (Lipinski definition) is 3. The molecule has 0 saturated heterocycles. The molecule has 0 aliphatic heterocycles. The van der Waals surface area contributed by atoms with Crippen LogP contribution in [0.4, 0.5) is 0 Å². The van der Waals surface area contributed by atoms with E-state index in [1.807, 2.05) is 0 Å². The topological polar surface area (TPSA) is 46.5 Å². The van der Waals surface area contributed by atoms with Gasteiger partial charge in [0.15, 0.2) is 0 Å². The fraction of sp³-hybridized carbons (Fsp3) is 0.625. The van der Waals surface area contributed by atoms with Gasteiger partial charge in [-0.1, -0.05) is 0 Å². The Balaban J connectivity index is 2.63. The highest BCUT2D eigenvalue weighted by Crippen LogP contribution is 2.18. The molecule has 0 aromatic heterocycles. The van der Waals surface area contributed by atoms with Gasteiger partial charge in [0, 0.05) is 5.57 Å². The standard InChI is InChI=1S/C8H12O3/c1-11-8(10)6-3-2-4-7(9)5-6/h5,7,9H,2-4H2,1H3/t7-/m0/s1. The predicted octanol–water partition coefficient (Wildman–Crippen LogP) is 0.631. The minimum Gasteiger partial charge on any atom is -0.466 e. The Hall–Kier alpha value is -0.830. The molecule has 0 radical (unpaired) electrons. The minimum absolute atomic E-state index is 0.316. The lowest BCUT2D eigenvalue weighted by atomic mass is 9.98. The quantitative estimate of drug-likeness (QED) is 0.566. The third-order valence-electron chi connectivity index (χ3n) is 1.79. The number of ether oxygens (including phenoxy) is 1. The Labute approximate surface area is 65.7 Å². The maximum absolute atomic E-state index is 10.9. The monoisotopic (exact) mass is 156 g/mol. The molecule has 1 rings (SSSR count). The van der Waals surface area contributed by atoms with E-state index in [1.165, 1.54) is 7.11 Å². The number of aliphatic hydroxyl groups is 1. The summed E-state index contributed by atoms with van der Waals surface area (Å²) in [6.07, 6.45) is 3.46. The van der Waals surface area contributed by atoms with Gasteiger partial charge in [0.05, 0.1) is 13.2 Å². The highest BCUT2D eigenvalue weighted by molar-refractivity contribution is 5.88. The molecule has 3 heteroatoms. The Morgan fingerprint density at radius 1 is 1.82 bits per heavy atom. The first-order valence-corrected chi connectivity index (χ1v) is 3.71. The molecule has 0 bridgehead atoms. The smallest absolute Gasteiger partial charge is 0.333 e. The van der Waals surface area contributed by atoms with Crippen molar-refractivity contribution in [1.82, 2.24) is 0 Å². The van der Waals surface area contributed by atoms with Crippen molar-refractivity contribution in [2.24, 2.45) is 0 Å². The Morgan fingerprint density at radius 3 is 3.09 bits per heavy atom. The highest BCUT2D eigenvalue weighted by atomic mass is 16.5. The highest BCUT2D eigenvalue weighted by Gasteiger charge is 2.16. The van der Waals surface area contributed by atoms with Gasteiger partial charge in [-0.3, -0.25) is 0 Å². The van der Waals surface area contributed by atoms with Crippen molar-refractivity contribution in [2.45, 2.75) is 25.4 Å². The first-order valence-electron chi connectivity index (χ1n) is 3.71. The Bertz CT molecular complexity index is 184. The van der Waals surface area contributed by atoms with Crippen LogP contribution in [0.1, 0.15) is 19.3 Å². The van der Waals surface area contributed by atoms with Crippen LogP contribution in [0.15, 0.2) is 11.6 Å². The molecule has 1 aliphatic carbocycles. The second kappa shape index (κ2) is 3.53. The third kappa shape index (κ3) is 2.05. The van der Waals surface area contributed by atoms with Crippen LogP contribution in [0.2, 0.25) is 0 Å². The average Bonchev–Trinajstić information content (AvgIpc) is 2.03. The van der Waals surface area contributed by atoms with Gasteiger partial charge in [0.25, 0.3) is 0 Å². The van der Waals surface area contributed by atoms with Crippen LogP contribution in [0.5, 0.6) is 0 Å². The van der Waals surface area contributed by atoms with Gasteiger partial charge in [0.2, 0.25) is 0 Å². The fourth-order valence-corrected chi connectivity index (χ4v) is 1.20. The second-order valence-electron chi connectivity index (χ2n) is 2.64. The van der Waals surface area contributed by atoms with Crippen molar-refractivity contribution in [3.63, 3.8) is 0 Å². The summed E-state index contributed by atoms with van der Waals surface area (Å²) in [5.74, 6) is -0.316. The van der Waals surface area contributed by atoms with Gasteiger partial charge in [-0.15, -0.1) is 0 Å². The number of carbonyl (C=O) groups excluding carboxylic acids is 1. The van der Waals surface area contributed by atoms with E-state index in [9.17, 15) is 4.79 Å². The van der Waals surface area contributed by atoms with Crippen molar-refractivity contribution >= 4 is 5.97 Å². The van der Waals surface area contributed by atoms with Gasteiger partial charge in [-0.2, -0.15) is 0 Å². The van der Waals surface area contributed by atoms with Crippen LogP contribution in [-0.4, -0.2) is 24.3 Å². The van der Waals surface area contributed by atoms with Crippen LogP contribution >= 0.6 is 0 Å². The van der Waals surface area contributed by atoms with E-state index < -0.39 is 6.10 Å². The summed E-state index contributed by atoms with van der Waals surface area (Å²) in [5.41, 5.74) is 0.603. The average molecular weight is 156 g/mol. The number of rotatable bonds is 1. The summed E-state index contributed by atoms with van der Waals surface area (Å²) >= 11 is 0. The molecule has 0 heterocycles. The van der Waals surface area contributed by atoms with Crippen LogP contribution in [0.3, 0.4) is 0 Å². The molecule has 0 spiro atoms. The first kappa shape index (κ1) is 8.27. The number of methoxy groups -OCH3 is 1. The molecule has 0 saturated carbocycles. The van der Waals surface area contributed by atoms with E-state index in [1.54, 1.807) is 6.08 Å². The number of hydrogen-bond donors (Lipinski definition) is 1. The van der Waals surface area contributed by atoms with Gasteiger partial charge < -0.3 is 9.84 Å². The lowest BCUT2D eigenvalue weighted by Crippen LogP contribution is -2.15. The Morgan fingerprint density at radius 2 is 2.55 bits per heavy atom. The molecule has 0 aromatic rings. The van der Waals surface area contributed by atoms with Crippen LogP contribution in [0, 0.1) is 0 Å². The van der Waals surface area contributed by atoms with Crippen LogP contribution in [-0.2, 0) is 9.53 Å². The summed E-state index contributed by atoms with van der Waals surface area (Å²) in [6.45, 7) is 0. The van der Waals surface area contributed by atoms with E-state index >= 15 is 0 Å². The van der Waals surface area contributed by atoms with Crippen molar-refractivity contribution in [2.75, 3.05) is 7.11 Å². The van der Waals surface area contributed by atoms with E-state index in [0.29, 0.717) is 5.57 Å². The molecule has 0 amide bonds. The summed E-state index contributed by atoms with van der Waals surface area (Å²) in [7, 11) is 1.35. The van der Waals surface area contributed by atoms with E-state index in [-0.39, 0.29) is 5.97 Å². The predicted molar refractivity (Wildman–Crippen MR) is 40.0 cm³/mol. The summed E-state index contributed by atoms with van der Waals surface area (Å²) in [4.78, 5) is 10.9. The normalized spacial score (nSPS) is 24.2. The fourth-order valence-electron chi connectivity index (χ4n) is 1.20. The van der Waals surface area contributed by atoms with Gasteiger partial charge in [-0.25, -0.2) is 4.79 Å². The minimum atomic E-state index is -0.460. The van der Waals surface area contributed by atoms with Gasteiger partial charge >= 0.3 is 5.97 Å². The molecule has 1 N–H and O–H groups in total. The lowest BCUT2D eigenvalue weighted by Gasteiger charge is -2.14. The first-order chi connectivity index (χ1) is 5.24. The zero-order chi connectivity index (χ0) is 8.27. The van der Waals surface area contributed by atoms with Crippen molar-refractivity contribution in [3.05, 3.63) is 11.6 Å². The van der Waals surface area contributed by atoms with E-state index in [4.69, 9.17) is 5.11 Å². The molecular weight excluding hydrogens is 144 g/mol. The molecule has 1 aliphatic rings. The number of carbonyl (C=O) groups is 1. The maximum Gasteiger partial charge on any atom is 0.333 e. The van der Waals surface area contributed by atoms with Crippen molar-refractivity contribution in [3.8, 4) is 0 Å². The Kier molecular flexibility index (Phi) is 2.65. The molecule has 0 unspecified atom stereocenters. The largest absolute Gasteiger partial charge is 0.466 e. The van der Waals surface area contributed by atoms with Gasteiger partial charge in [-0.05, 0) is 25.3 Å². The number of aliphatic hydroxyl groups excluding tert-OH is 1.